The largest absolute Gasteiger partial charge is 0.459 e. The van der Waals surface area contributed by atoms with Gasteiger partial charge in [-0.25, -0.2) is 0 Å². The third kappa shape index (κ3) is 3.90. The first-order valence-corrected chi connectivity index (χ1v) is 8.47. The zero-order chi connectivity index (χ0) is 17.1. The molecular weight excluding hydrogens is 352 g/mol. The summed E-state index contributed by atoms with van der Waals surface area (Å²) in [5.74, 6) is 0.575. The van der Waals surface area contributed by atoms with Gasteiger partial charge in [0, 0.05) is 18.5 Å². The van der Waals surface area contributed by atoms with Crippen molar-refractivity contribution in [1.82, 2.24) is 10.6 Å². The fraction of sp³-hybridized carbons (Fsp3) is 0.250. The summed E-state index contributed by atoms with van der Waals surface area (Å²) < 4.78 is 11.6. The Morgan fingerprint density at radius 1 is 1.12 bits per heavy atom. The lowest BCUT2D eigenvalue weighted by Crippen LogP contribution is -2.48. The zero-order valence-electron chi connectivity index (χ0n) is 14.2. The summed E-state index contributed by atoms with van der Waals surface area (Å²) in [5, 5.41) is 7.28. The average Bonchev–Trinajstić information content (AvgIpc) is 3.11. The van der Waals surface area contributed by atoms with Gasteiger partial charge in [-0.3, -0.25) is 4.79 Å². The van der Waals surface area contributed by atoms with Gasteiger partial charge in [-0.2, -0.15) is 0 Å². The highest BCUT2D eigenvalue weighted by Gasteiger charge is 2.27. The number of morpholine rings is 1. The molecule has 4 rings (SSSR count). The third-order valence-corrected chi connectivity index (χ3v) is 4.37. The number of amides is 1. The number of ether oxygens (including phenoxy) is 1. The van der Waals surface area contributed by atoms with E-state index < -0.39 is 6.10 Å². The maximum Gasteiger partial charge on any atom is 0.251 e. The molecule has 0 saturated carbocycles. The van der Waals surface area contributed by atoms with E-state index >= 15 is 0 Å². The molecule has 136 valence electrons. The van der Waals surface area contributed by atoms with E-state index in [-0.39, 0.29) is 24.4 Å². The highest BCUT2D eigenvalue weighted by Crippen LogP contribution is 2.28. The van der Waals surface area contributed by atoms with Crippen molar-refractivity contribution >= 4 is 29.3 Å². The Kier molecular flexibility index (Phi) is 5.93. The maximum absolute atomic E-state index is 12.7. The first-order valence-electron chi connectivity index (χ1n) is 8.47. The van der Waals surface area contributed by atoms with Crippen LogP contribution in [0, 0.1) is 0 Å². The van der Waals surface area contributed by atoms with Crippen LogP contribution in [-0.4, -0.2) is 31.7 Å². The van der Waals surface area contributed by atoms with Crippen LogP contribution >= 0.6 is 12.4 Å². The molecule has 1 aromatic heterocycles. The normalized spacial score (nSPS) is 18.1. The van der Waals surface area contributed by atoms with E-state index in [1.165, 1.54) is 0 Å². The standard InChI is InChI=1S/C20H20N2O3.ClH/c23-20(18-13-21-10-11-24-18)22-19(14-6-2-1-3-7-14)17-12-15-8-4-5-9-16(15)25-17;/h1-9,12,18-19,21H,10-11,13H2,(H,22,23);1H. The van der Waals surface area contributed by atoms with Crippen LogP contribution in [0.3, 0.4) is 0 Å². The topological polar surface area (TPSA) is 63.5 Å². The van der Waals surface area contributed by atoms with E-state index in [0.717, 1.165) is 23.1 Å². The van der Waals surface area contributed by atoms with Gasteiger partial charge in [0.25, 0.3) is 5.91 Å². The number of carbonyl (C=O) groups is 1. The van der Waals surface area contributed by atoms with Crippen molar-refractivity contribution in [1.29, 1.82) is 0 Å². The molecular formula is C20H21ClN2O3. The average molecular weight is 373 g/mol. The Morgan fingerprint density at radius 2 is 1.88 bits per heavy atom. The number of rotatable bonds is 4. The summed E-state index contributed by atoms with van der Waals surface area (Å²) in [7, 11) is 0. The van der Waals surface area contributed by atoms with Crippen LogP contribution in [0.15, 0.2) is 65.1 Å². The van der Waals surface area contributed by atoms with Gasteiger partial charge >= 0.3 is 0 Å². The molecule has 1 aliphatic rings. The van der Waals surface area contributed by atoms with Crippen LogP contribution in [-0.2, 0) is 9.53 Å². The number of hydrogen-bond donors (Lipinski definition) is 2. The van der Waals surface area contributed by atoms with Crippen LogP contribution in [0.25, 0.3) is 11.0 Å². The van der Waals surface area contributed by atoms with Gasteiger partial charge < -0.3 is 19.8 Å². The molecule has 2 aromatic carbocycles. The molecule has 2 heterocycles. The van der Waals surface area contributed by atoms with Crippen molar-refractivity contribution in [2.75, 3.05) is 19.7 Å². The molecule has 0 aliphatic carbocycles. The minimum atomic E-state index is -0.482. The molecule has 1 fully saturated rings. The van der Waals surface area contributed by atoms with Crippen molar-refractivity contribution in [3.63, 3.8) is 0 Å². The maximum atomic E-state index is 12.7. The monoisotopic (exact) mass is 372 g/mol. The van der Waals surface area contributed by atoms with Crippen molar-refractivity contribution in [2.24, 2.45) is 0 Å². The second-order valence-corrected chi connectivity index (χ2v) is 6.10. The summed E-state index contributed by atoms with van der Waals surface area (Å²) >= 11 is 0. The molecule has 5 nitrogen and oxygen atoms in total. The fourth-order valence-electron chi connectivity index (χ4n) is 3.08. The van der Waals surface area contributed by atoms with Crippen molar-refractivity contribution < 1.29 is 13.9 Å². The molecule has 0 bridgehead atoms. The molecule has 6 heteroatoms. The minimum absolute atomic E-state index is 0. The lowest BCUT2D eigenvalue weighted by Gasteiger charge is -2.25. The van der Waals surface area contributed by atoms with Gasteiger partial charge in [0.2, 0.25) is 0 Å². The fourth-order valence-corrected chi connectivity index (χ4v) is 3.08. The third-order valence-electron chi connectivity index (χ3n) is 4.37. The van der Waals surface area contributed by atoms with Crippen molar-refractivity contribution in [2.45, 2.75) is 12.1 Å². The molecule has 26 heavy (non-hydrogen) atoms. The highest BCUT2D eigenvalue weighted by molar-refractivity contribution is 5.85. The number of benzene rings is 2. The Labute approximate surface area is 158 Å². The van der Waals surface area contributed by atoms with Crippen LogP contribution < -0.4 is 10.6 Å². The zero-order valence-corrected chi connectivity index (χ0v) is 15.0. The van der Waals surface area contributed by atoms with Crippen LogP contribution in [0.5, 0.6) is 0 Å². The van der Waals surface area contributed by atoms with Gasteiger partial charge in [-0.1, -0.05) is 48.5 Å². The van der Waals surface area contributed by atoms with E-state index in [0.29, 0.717) is 18.9 Å². The van der Waals surface area contributed by atoms with Crippen LogP contribution in [0.2, 0.25) is 0 Å². The van der Waals surface area contributed by atoms with E-state index in [4.69, 9.17) is 9.15 Å². The van der Waals surface area contributed by atoms with Crippen molar-refractivity contribution in [3.05, 3.63) is 72.0 Å². The number of furan rings is 1. The SMILES string of the molecule is Cl.O=C(NC(c1ccccc1)c1cc2ccccc2o1)C1CNCCO1. The quantitative estimate of drug-likeness (QED) is 0.738. The van der Waals surface area contributed by atoms with Crippen LogP contribution in [0.4, 0.5) is 0 Å². The number of fused-ring (bicyclic) bond motifs is 1. The Hall–Kier alpha value is -2.34. The molecule has 1 saturated heterocycles. The number of para-hydroxylation sites is 1. The molecule has 0 radical (unpaired) electrons. The van der Waals surface area contributed by atoms with Gasteiger partial charge in [0.1, 0.15) is 23.5 Å². The van der Waals surface area contributed by atoms with E-state index in [9.17, 15) is 4.79 Å². The summed E-state index contributed by atoms with van der Waals surface area (Å²) in [6, 6.07) is 19.3. The lowest BCUT2D eigenvalue weighted by atomic mass is 10.0. The second-order valence-electron chi connectivity index (χ2n) is 6.10. The smallest absolute Gasteiger partial charge is 0.251 e. The number of carbonyl (C=O) groups excluding carboxylic acids is 1. The van der Waals surface area contributed by atoms with E-state index in [1.54, 1.807) is 0 Å². The van der Waals surface area contributed by atoms with Gasteiger partial charge in [-0.05, 0) is 17.7 Å². The summed E-state index contributed by atoms with van der Waals surface area (Å²) in [4.78, 5) is 12.7. The first-order chi connectivity index (χ1) is 12.3. The van der Waals surface area contributed by atoms with Gasteiger partial charge in [0.05, 0.1) is 6.61 Å². The predicted molar refractivity (Wildman–Crippen MR) is 102 cm³/mol. The highest BCUT2D eigenvalue weighted by atomic mass is 35.5. The van der Waals surface area contributed by atoms with E-state index in [2.05, 4.69) is 10.6 Å². The molecule has 2 unspecified atom stereocenters. The van der Waals surface area contributed by atoms with E-state index in [1.807, 2.05) is 60.7 Å². The summed E-state index contributed by atoms with van der Waals surface area (Å²) in [6.45, 7) is 1.83. The number of halogens is 1. The molecule has 1 amide bonds. The number of hydrogen-bond acceptors (Lipinski definition) is 4. The molecule has 2 N–H and O–H groups in total. The van der Waals surface area contributed by atoms with Gasteiger partial charge in [0.15, 0.2) is 0 Å². The second kappa shape index (κ2) is 8.36. The summed E-state index contributed by atoms with van der Waals surface area (Å²) in [5.41, 5.74) is 1.78. The van der Waals surface area contributed by atoms with Crippen molar-refractivity contribution in [3.8, 4) is 0 Å². The Bertz CT molecular complexity index is 827. The molecule has 1 aliphatic heterocycles. The lowest BCUT2D eigenvalue weighted by molar-refractivity contribution is -0.134. The summed E-state index contributed by atoms with van der Waals surface area (Å²) in [6.07, 6.45) is -0.482. The van der Waals surface area contributed by atoms with Crippen LogP contribution in [0.1, 0.15) is 17.4 Å². The Balaban J connectivity index is 0.00000196. The van der Waals surface area contributed by atoms with Gasteiger partial charge in [-0.15, -0.1) is 12.4 Å². The Morgan fingerprint density at radius 3 is 2.62 bits per heavy atom. The first kappa shape index (κ1) is 18.5. The predicted octanol–water partition coefficient (Wildman–Crippen LogP) is 3.05. The molecule has 2 atom stereocenters. The minimum Gasteiger partial charge on any atom is -0.459 e. The number of nitrogens with one attached hydrogen (secondary N) is 2. The molecule has 3 aromatic rings. The molecule has 0 spiro atoms.